The van der Waals surface area contributed by atoms with Crippen LogP contribution in [0.2, 0.25) is 0 Å². The van der Waals surface area contributed by atoms with E-state index >= 15 is 0 Å². The van der Waals surface area contributed by atoms with E-state index in [0.29, 0.717) is 19.4 Å². The minimum absolute atomic E-state index is 0.0594. The summed E-state index contributed by atoms with van der Waals surface area (Å²) in [5, 5.41) is 9.18. The van der Waals surface area contributed by atoms with Crippen LogP contribution in [0.5, 0.6) is 0 Å². The highest BCUT2D eigenvalue weighted by molar-refractivity contribution is 5.79. The van der Waals surface area contributed by atoms with Gasteiger partial charge >= 0.3 is 18.2 Å². The summed E-state index contributed by atoms with van der Waals surface area (Å²) in [4.78, 5) is 41.0. The summed E-state index contributed by atoms with van der Waals surface area (Å²) in [6.45, 7) is 10.1. The number of ether oxygens (including phenoxy) is 2. The van der Waals surface area contributed by atoms with Crippen molar-refractivity contribution in [3.63, 3.8) is 0 Å². The van der Waals surface area contributed by atoms with Crippen molar-refractivity contribution >= 4 is 18.2 Å². The lowest BCUT2D eigenvalue weighted by Crippen LogP contribution is -2.56. The molecule has 38 heavy (non-hydrogen) atoms. The molecule has 2 aromatic rings. The summed E-state index contributed by atoms with van der Waals surface area (Å²) in [7, 11) is 0. The molecule has 1 aliphatic heterocycles. The van der Waals surface area contributed by atoms with Gasteiger partial charge in [-0.25, -0.2) is 9.59 Å². The Morgan fingerprint density at radius 3 is 2.16 bits per heavy atom. The van der Waals surface area contributed by atoms with Crippen LogP contribution in [0.1, 0.15) is 70.9 Å². The number of fused-ring (bicyclic) bond motifs is 3. The predicted molar refractivity (Wildman–Crippen MR) is 144 cm³/mol. The van der Waals surface area contributed by atoms with Crippen LogP contribution in [0.25, 0.3) is 11.1 Å². The van der Waals surface area contributed by atoms with Gasteiger partial charge in [0.05, 0.1) is 11.6 Å². The molecule has 0 spiro atoms. The number of rotatable bonds is 7. The average Bonchev–Trinajstić information content (AvgIpc) is 3.32. The molecule has 2 aliphatic rings. The van der Waals surface area contributed by atoms with E-state index in [2.05, 4.69) is 24.3 Å². The van der Waals surface area contributed by atoms with E-state index in [4.69, 9.17) is 9.47 Å². The van der Waals surface area contributed by atoms with Crippen LogP contribution in [0.3, 0.4) is 0 Å². The van der Waals surface area contributed by atoms with Crippen LogP contribution in [-0.2, 0) is 14.3 Å². The van der Waals surface area contributed by atoms with Crippen molar-refractivity contribution in [3.05, 3.63) is 59.7 Å². The van der Waals surface area contributed by atoms with E-state index in [-0.39, 0.29) is 31.5 Å². The molecule has 0 aromatic heterocycles. The first-order valence-corrected chi connectivity index (χ1v) is 13.2. The molecule has 0 bridgehead atoms. The second kappa shape index (κ2) is 10.7. The number of amides is 2. The Morgan fingerprint density at radius 2 is 1.61 bits per heavy atom. The van der Waals surface area contributed by atoms with Gasteiger partial charge in [-0.1, -0.05) is 48.5 Å². The first kappa shape index (κ1) is 27.5. The molecular formula is C30H38N2O6. The Balaban J connectivity index is 1.53. The number of carbonyl (C=O) groups is 3. The monoisotopic (exact) mass is 522 g/mol. The molecule has 1 N–H and O–H groups in total. The van der Waals surface area contributed by atoms with Crippen LogP contribution in [0.15, 0.2) is 48.5 Å². The maximum absolute atomic E-state index is 13.6. The van der Waals surface area contributed by atoms with Crippen LogP contribution in [0.4, 0.5) is 9.59 Å². The zero-order chi connectivity index (χ0) is 27.7. The van der Waals surface area contributed by atoms with Gasteiger partial charge in [-0.2, -0.15) is 0 Å². The van der Waals surface area contributed by atoms with E-state index in [1.54, 1.807) is 9.80 Å². The minimum Gasteiger partial charge on any atom is -0.481 e. The zero-order valence-electron chi connectivity index (χ0n) is 22.9. The molecule has 1 atom stereocenters. The largest absolute Gasteiger partial charge is 0.481 e. The first-order valence-electron chi connectivity index (χ1n) is 13.2. The second-order valence-corrected chi connectivity index (χ2v) is 11.6. The highest BCUT2D eigenvalue weighted by Gasteiger charge is 2.49. The van der Waals surface area contributed by atoms with Gasteiger partial charge in [0.15, 0.2) is 0 Å². The molecule has 204 valence electrons. The lowest BCUT2D eigenvalue weighted by Gasteiger charge is -2.41. The maximum atomic E-state index is 13.6. The van der Waals surface area contributed by atoms with Crippen molar-refractivity contribution in [2.45, 2.75) is 77.0 Å². The van der Waals surface area contributed by atoms with Crippen molar-refractivity contribution < 1.29 is 29.0 Å². The first-order chi connectivity index (χ1) is 17.9. The van der Waals surface area contributed by atoms with Gasteiger partial charge < -0.3 is 24.4 Å². The van der Waals surface area contributed by atoms with Gasteiger partial charge in [0, 0.05) is 25.4 Å². The van der Waals surface area contributed by atoms with Crippen molar-refractivity contribution in [3.8, 4) is 11.1 Å². The number of carboxylic acid groups (broad SMARTS) is 1. The molecule has 1 heterocycles. The highest BCUT2D eigenvalue weighted by atomic mass is 16.6. The molecule has 4 rings (SSSR count). The maximum Gasteiger partial charge on any atom is 0.410 e. The Labute approximate surface area is 224 Å². The summed E-state index contributed by atoms with van der Waals surface area (Å²) in [6, 6.07) is 15.9. The number of likely N-dealkylation sites (tertiary alicyclic amines) is 1. The minimum atomic E-state index is -0.918. The number of hydrogen-bond donors (Lipinski definition) is 1. The number of carbonyl (C=O) groups excluding carboxylic acids is 2. The van der Waals surface area contributed by atoms with Gasteiger partial charge in [0.2, 0.25) is 0 Å². The fourth-order valence-corrected chi connectivity index (χ4v) is 5.71. The lowest BCUT2D eigenvalue weighted by molar-refractivity contribution is -0.137. The van der Waals surface area contributed by atoms with Gasteiger partial charge in [0.25, 0.3) is 0 Å². The molecule has 1 unspecified atom stereocenters. The molecule has 1 fully saturated rings. The van der Waals surface area contributed by atoms with Crippen LogP contribution < -0.4 is 0 Å². The Hall–Kier alpha value is -3.55. The standard InChI is InChI=1S/C30H38N2O6/c1-29(2,3)38-28(36)32-18-16-25(30(32,4)5)31(17-10-15-26(33)34)27(35)37-19-24-22-13-8-6-11-20(22)21-12-7-9-14-23(21)24/h6-9,11-14,24-25H,10,15-19H2,1-5H3,(H,33,34). The fraction of sp³-hybridized carbons (Fsp3) is 0.500. The summed E-state index contributed by atoms with van der Waals surface area (Å²) in [5.74, 6) is -0.999. The summed E-state index contributed by atoms with van der Waals surface area (Å²) < 4.78 is 11.6. The van der Waals surface area contributed by atoms with Gasteiger partial charge in [-0.3, -0.25) is 4.79 Å². The SMILES string of the molecule is CC(C)(C)OC(=O)N1CCC(N(CCCC(=O)O)C(=O)OCC2c3ccccc3-c3ccccc32)C1(C)C. The zero-order valence-corrected chi connectivity index (χ0v) is 22.9. The highest BCUT2D eigenvalue weighted by Crippen LogP contribution is 2.44. The number of aliphatic carboxylic acids is 1. The third kappa shape index (κ3) is 5.64. The summed E-state index contributed by atoms with van der Waals surface area (Å²) >= 11 is 0. The van der Waals surface area contributed by atoms with E-state index in [1.165, 1.54) is 0 Å². The van der Waals surface area contributed by atoms with Crippen molar-refractivity contribution in [1.82, 2.24) is 9.80 Å². The molecule has 2 amide bonds. The fourth-order valence-electron chi connectivity index (χ4n) is 5.71. The van der Waals surface area contributed by atoms with E-state index in [0.717, 1.165) is 22.3 Å². The Morgan fingerprint density at radius 1 is 1.03 bits per heavy atom. The van der Waals surface area contributed by atoms with Crippen molar-refractivity contribution in [2.24, 2.45) is 0 Å². The van der Waals surface area contributed by atoms with Crippen LogP contribution >= 0.6 is 0 Å². The Kier molecular flexibility index (Phi) is 7.72. The Bertz CT molecular complexity index is 1160. The number of carboxylic acids is 1. The summed E-state index contributed by atoms with van der Waals surface area (Å²) in [5.41, 5.74) is 3.17. The van der Waals surface area contributed by atoms with Gasteiger partial charge in [-0.05, 0) is 69.7 Å². The molecule has 8 nitrogen and oxygen atoms in total. The van der Waals surface area contributed by atoms with E-state index in [1.807, 2.05) is 58.9 Å². The van der Waals surface area contributed by atoms with Crippen molar-refractivity contribution in [2.75, 3.05) is 19.7 Å². The molecular weight excluding hydrogens is 484 g/mol. The number of hydrogen-bond acceptors (Lipinski definition) is 5. The molecule has 0 radical (unpaired) electrons. The number of nitrogens with zero attached hydrogens (tertiary/aromatic N) is 2. The van der Waals surface area contributed by atoms with E-state index in [9.17, 15) is 19.5 Å². The number of benzene rings is 2. The quantitative estimate of drug-likeness (QED) is 0.487. The lowest BCUT2D eigenvalue weighted by atomic mass is 9.94. The van der Waals surface area contributed by atoms with Crippen LogP contribution in [-0.4, -0.2) is 69.9 Å². The third-order valence-corrected chi connectivity index (χ3v) is 7.49. The average molecular weight is 523 g/mol. The predicted octanol–water partition coefficient (Wildman–Crippen LogP) is 5.89. The second-order valence-electron chi connectivity index (χ2n) is 11.6. The van der Waals surface area contributed by atoms with E-state index < -0.39 is 29.3 Å². The smallest absolute Gasteiger partial charge is 0.410 e. The molecule has 0 saturated carbocycles. The van der Waals surface area contributed by atoms with Gasteiger partial charge in [0.1, 0.15) is 12.2 Å². The normalized spacial score (nSPS) is 18.0. The van der Waals surface area contributed by atoms with Crippen molar-refractivity contribution in [1.29, 1.82) is 0 Å². The molecule has 1 aliphatic carbocycles. The molecule has 1 saturated heterocycles. The topological polar surface area (TPSA) is 96.4 Å². The molecule has 8 heteroatoms. The third-order valence-electron chi connectivity index (χ3n) is 7.49. The van der Waals surface area contributed by atoms with Crippen LogP contribution in [0, 0.1) is 0 Å². The molecule has 2 aromatic carbocycles. The summed E-state index contributed by atoms with van der Waals surface area (Å²) in [6.07, 6.45) is -0.151. The van der Waals surface area contributed by atoms with Gasteiger partial charge in [-0.15, -0.1) is 0 Å².